The van der Waals surface area contributed by atoms with Crippen molar-refractivity contribution in [3.05, 3.63) is 10.6 Å². The minimum atomic E-state index is 0.115. The van der Waals surface area contributed by atoms with Crippen LogP contribution in [0.4, 0.5) is 0 Å². The van der Waals surface area contributed by atoms with Crippen molar-refractivity contribution in [2.24, 2.45) is 0 Å². The standard InChI is InChI=1S/C13H21BrN4OS/c1-2-4-11-12(20-16-15-11)13(19)18-7-3-6-17(8-5-14)9-10-18/h2-10H2,1H3. The van der Waals surface area contributed by atoms with E-state index in [9.17, 15) is 4.79 Å². The van der Waals surface area contributed by atoms with Gasteiger partial charge in [0.15, 0.2) is 0 Å². The molecule has 0 saturated carbocycles. The number of halogens is 1. The molecule has 0 N–H and O–H groups in total. The maximum absolute atomic E-state index is 12.6. The molecule has 2 heterocycles. The molecule has 0 unspecified atom stereocenters. The van der Waals surface area contributed by atoms with Gasteiger partial charge in [0.25, 0.3) is 5.91 Å². The highest BCUT2D eigenvalue weighted by Crippen LogP contribution is 2.17. The number of rotatable bonds is 5. The lowest BCUT2D eigenvalue weighted by Gasteiger charge is -2.21. The van der Waals surface area contributed by atoms with E-state index < -0.39 is 0 Å². The van der Waals surface area contributed by atoms with Crippen LogP contribution in [0.3, 0.4) is 0 Å². The van der Waals surface area contributed by atoms with E-state index in [0.717, 1.165) is 67.9 Å². The molecule has 1 aliphatic rings. The van der Waals surface area contributed by atoms with E-state index in [-0.39, 0.29) is 5.91 Å². The highest BCUT2D eigenvalue weighted by Gasteiger charge is 2.24. The summed E-state index contributed by atoms with van der Waals surface area (Å²) in [5, 5.41) is 5.08. The summed E-state index contributed by atoms with van der Waals surface area (Å²) in [5.74, 6) is 0.115. The predicted molar refractivity (Wildman–Crippen MR) is 84.7 cm³/mol. The number of aromatic nitrogens is 2. The van der Waals surface area contributed by atoms with Crippen LogP contribution in [0.5, 0.6) is 0 Å². The van der Waals surface area contributed by atoms with Crippen molar-refractivity contribution in [1.29, 1.82) is 0 Å². The van der Waals surface area contributed by atoms with Crippen LogP contribution in [0.2, 0.25) is 0 Å². The maximum atomic E-state index is 12.6. The number of nitrogens with zero attached hydrogens (tertiary/aromatic N) is 4. The molecule has 0 bridgehead atoms. The Balaban J connectivity index is 2.00. The zero-order valence-electron chi connectivity index (χ0n) is 11.8. The molecule has 1 aromatic heterocycles. The van der Waals surface area contributed by atoms with Crippen LogP contribution >= 0.6 is 27.5 Å². The molecule has 20 heavy (non-hydrogen) atoms. The molecule has 0 spiro atoms. The molecule has 0 radical (unpaired) electrons. The normalized spacial score (nSPS) is 17.2. The molecular formula is C13H21BrN4OS. The van der Waals surface area contributed by atoms with Crippen LogP contribution in [0.15, 0.2) is 0 Å². The van der Waals surface area contributed by atoms with Crippen LogP contribution in [0.25, 0.3) is 0 Å². The first-order chi connectivity index (χ1) is 9.76. The summed E-state index contributed by atoms with van der Waals surface area (Å²) in [7, 11) is 0. The van der Waals surface area contributed by atoms with E-state index in [1.54, 1.807) is 0 Å². The van der Waals surface area contributed by atoms with E-state index in [4.69, 9.17) is 0 Å². The topological polar surface area (TPSA) is 49.3 Å². The smallest absolute Gasteiger partial charge is 0.267 e. The average molecular weight is 361 g/mol. The van der Waals surface area contributed by atoms with Crippen molar-refractivity contribution in [2.45, 2.75) is 26.2 Å². The Hall–Kier alpha value is -0.530. The zero-order valence-corrected chi connectivity index (χ0v) is 14.2. The van der Waals surface area contributed by atoms with E-state index >= 15 is 0 Å². The van der Waals surface area contributed by atoms with Crippen molar-refractivity contribution < 1.29 is 4.79 Å². The summed E-state index contributed by atoms with van der Waals surface area (Å²) in [4.78, 5) is 17.7. The maximum Gasteiger partial charge on any atom is 0.267 e. The molecule has 1 aliphatic heterocycles. The third kappa shape index (κ3) is 3.99. The summed E-state index contributed by atoms with van der Waals surface area (Å²) in [5.41, 5.74) is 0.865. The lowest BCUT2D eigenvalue weighted by Crippen LogP contribution is -2.35. The fraction of sp³-hybridized carbons (Fsp3) is 0.769. The Labute approximate surface area is 132 Å². The van der Waals surface area contributed by atoms with Crippen molar-refractivity contribution in [3.8, 4) is 0 Å². The predicted octanol–water partition coefficient (Wildman–Crippen LogP) is 2.03. The first-order valence-electron chi connectivity index (χ1n) is 7.15. The molecule has 0 aromatic carbocycles. The van der Waals surface area contributed by atoms with Crippen molar-refractivity contribution in [1.82, 2.24) is 19.4 Å². The van der Waals surface area contributed by atoms with Crippen molar-refractivity contribution >= 4 is 33.4 Å². The SMILES string of the molecule is CCCc1nnsc1C(=O)N1CCCN(CCBr)CC1. The summed E-state index contributed by atoms with van der Waals surface area (Å²) in [6, 6.07) is 0. The van der Waals surface area contributed by atoms with Gasteiger partial charge < -0.3 is 9.80 Å². The zero-order chi connectivity index (χ0) is 14.4. The second-order valence-electron chi connectivity index (χ2n) is 4.98. The number of hydrogen-bond acceptors (Lipinski definition) is 5. The van der Waals surface area contributed by atoms with Crippen molar-refractivity contribution in [3.63, 3.8) is 0 Å². The third-order valence-electron chi connectivity index (χ3n) is 3.51. The van der Waals surface area contributed by atoms with Gasteiger partial charge in [-0.15, -0.1) is 5.10 Å². The summed E-state index contributed by atoms with van der Waals surface area (Å²) >= 11 is 4.71. The fourth-order valence-corrected chi connectivity index (χ4v) is 3.61. The first kappa shape index (κ1) is 15.9. The lowest BCUT2D eigenvalue weighted by atomic mass is 10.2. The minimum Gasteiger partial charge on any atom is -0.337 e. The van der Waals surface area contributed by atoms with Gasteiger partial charge in [-0.05, 0) is 30.9 Å². The highest BCUT2D eigenvalue weighted by atomic mass is 79.9. The van der Waals surface area contributed by atoms with Gasteiger partial charge in [0.05, 0.1) is 5.69 Å². The average Bonchev–Trinajstić information content (AvgIpc) is 2.77. The number of carbonyl (C=O) groups excluding carboxylic acids is 1. The molecule has 0 atom stereocenters. The second kappa shape index (κ2) is 8.05. The van der Waals surface area contributed by atoms with E-state index in [2.05, 4.69) is 37.3 Å². The highest BCUT2D eigenvalue weighted by molar-refractivity contribution is 9.09. The van der Waals surface area contributed by atoms with Gasteiger partial charge in [-0.3, -0.25) is 4.79 Å². The fourth-order valence-electron chi connectivity index (χ4n) is 2.43. The van der Waals surface area contributed by atoms with Crippen LogP contribution < -0.4 is 0 Å². The lowest BCUT2D eigenvalue weighted by molar-refractivity contribution is 0.0765. The molecule has 112 valence electrons. The second-order valence-corrected chi connectivity index (χ2v) is 6.52. The molecule has 0 aliphatic carbocycles. The molecule has 7 heteroatoms. The van der Waals surface area contributed by atoms with Gasteiger partial charge in [0.2, 0.25) is 0 Å². The molecule has 1 fully saturated rings. The van der Waals surface area contributed by atoms with Gasteiger partial charge in [-0.2, -0.15) is 0 Å². The van der Waals surface area contributed by atoms with Gasteiger partial charge >= 0.3 is 0 Å². The largest absolute Gasteiger partial charge is 0.337 e. The summed E-state index contributed by atoms with van der Waals surface area (Å²) < 4.78 is 3.95. The van der Waals surface area contributed by atoms with Gasteiger partial charge in [0.1, 0.15) is 4.88 Å². The quantitative estimate of drug-likeness (QED) is 0.753. The van der Waals surface area contributed by atoms with E-state index in [1.165, 1.54) is 11.5 Å². The van der Waals surface area contributed by atoms with E-state index in [1.807, 2.05) is 4.90 Å². The van der Waals surface area contributed by atoms with Gasteiger partial charge in [-0.1, -0.05) is 33.8 Å². The Kier molecular flexibility index (Phi) is 6.38. The van der Waals surface area contributed by atoms with Crippen LogP contribution in [-0.2, 0) is 6.42 Å². The van der Waals surface area contributed by atoms with Crippen LogP contribution in [-0.4, -0.2) is 63.3 Å². The Morgan fingerprint density at radius 3 is 2.95 bits per heavy atom. The Morgan fingerprint density at radius 1 is 1.35 bits per heavy atom. The molecule has 5 nitrogen and oxygen atoms in total. The van der Waals surface area contributed by atoms with Crippen LogP contribution in [0.1, 0.15) is 35.1 Å². The number of carbonyl (C=O) groups is 1. The Bertz CT molecular complexity index is 440. The third-order valence-corrected chi connectivity index (χ3v) is 4.62. The monoisotopic (exact) mass is 360 g/mol. The van der Waals surface area contributed by atoms with Gasteiger partial charge in [-0.25, -0.2) is 0 Å². The molecular weight excluding hydrogens is 340 g/mol. The summed E-state index contributed by atoms with van der Waals surface area (Å²) in [6.45, 7) is 6.80. The molecule has 1 saturated heterocycles. The molecule has 2 rings (SSSR count). The molecule has 1 aromatic rings. The van der Waals surface area contributed by atoms with E-state index in [0.29, 0.717) is 0 Å². The summed E-state index contributed by atoms with van der Waals surface area (Å²) in [6.07, 6.45) is 2.86. The van der Waals surface area contributed by atoms with Gasteiger partial charge in [0, 0.05) is 31.5 Å². The van der Waals surface area contributed by atoms with Crippen LogP contribution in [0, 0.1) is 0 Å². The number of alkyl halides is 1. The number of amides is 1. The first-order valence-corrected chi connectivity index (χ1v) is 9.04. The molecule has 1 amide bonds. The minimum absolute atomic E-state index is 0.115. The number of hydrogen-bond donors (Lipinski definition) is 0. The number of aryl methyl sites for hydroxylation is 1. The Morgan fingerprint density at radius 2 is 2.20 bits per heavy atom. The van der Waals surface area contributed by atoms with Crippen molar-refractivity contribution in [2.75, 3.05) is 38.1 Å².